The minimum Gasteiger partial charge on any atom is -0.299 e. The Balaban J connectivity index is 1.79. The van der Waals surface area contributed by atoms with Gasteiger partial charge in [0.25, 0.3) is 0 Å². The van der Waals surface area contributed by atoms with Crippen LogP contribution in [0.5, 0.6) is 0 Å². The summed E-state index contributed by atoms with van der Waals surface area (Å²) < 4.78 is 0. The zero-order valence-corrected chi connectivity index (χ0v) is 8.52. The third-order valence-corrected chi connectivity index (χ3v) is 3.61. The Morgan fingerprint density at radius 1 is 1.27 bits per heavy atom. The van der Waals surface area contributed by atoms with Gasteiger partial charge in [-0.2, -0.15) is 0 Å². The highest BCUT2D eigenvalue weighted by Crippen LogP contribution is 2.32. The molecule has 1 saturated heterocycles. The maximum Gasteiger partial charge on any atom is 0.0193 e. The van der Waals surface area contributed by atoms with E-state index in [-0.39, 0.29) is 0 Å². The molecule has 1 nitrogen and oxygen atoms in total. The lowest BCUT2D eigenvalue weighted by Crippen LogP contribution is -2.32. The summed E-state index contributed by atoms with van der Waals surface area (Å²) in [7, 11) is 0. The summed E-state index contributed by atoms with van der Waals surface area (Å²) in [4.78, 5) is 2.67. The third kappa shape index (κ3) is 1.97. The normalized spacial score (nSPS) is 33.0. The lowest BCUT2D eigenvalue weighted by Gasteiger charge is -2.22. The first-order chi connectivity index (χ1) is 5.40. The van der Waals surface area contributed by atoms with E-state index in [1.807, 2.05) is 0 Å². The number of rotatable bonds is 3. The van der Waals surface area contributed by atoms with Gasteiger partial charge < -0.3 is 0 Å². The number of likely N-dealkylation sites (tertiary alicyclic amines) is 1. The summed E-state index contributed by atoms with van der Waals surface area (Å²) in [5, 5.41) is 1.18. The molecule has 0 N–H and O–H groups in total. The molecule has 0 aromatic rings. The quantitative estimate of drug-likeness (QED) is 0.657. The predicted molar refractivity (Wildman–Crippen MR) is 51.1 cm³/mol. The van der Waals surface area contributed by atoms with Gasteiger partial charge in [-0.3, -0.25) is 4.90 Å². The number of hydrogen-bond donors (Lipinski definition) is 0. The zero-order valence-electron chi connectivity index (χ0n) is 6.93. The molecule has 2 fully saturated rings. The molecule has 0 spiro atoms. The van der Waals surface area contributed by atoms with Gasteiger partial charge in [0.1, 0.15) is 0 Å². The summed E-state index contributed by atoms with van der Waals surface area (Å²) in [5.41, 5.74) is 0. The predicted octanol–water partition coefficient (Wildman–Crippen LogP) is 2.26. The van der Waals surface area contributed by atoms with Crippen molar-refractivity contribution in [3.8, 4) is 0 Å². The van der Waals surface area contributed by atoms with Crippen LogP contribution < -0.4 is 0 Å². The standard InChI is InChI=1S/C9H16BrN/c10-6-9-2-1-5-11(9)7-8-3-4-8/h8-9H,1-7H2/t9-/m0/s1. The van der Waals surface area contributed by atoms with E-state index in [4.69, 9.17) is 0 Å². The first-order valence-corrected chi connectivity index (χ1v) is 5.82. The molecule has 2 heteroatoms. The summed E-state index contributed by atoms with van der Waals surface area (Å²) in [6.07, 6.45) is 5.82. The highest BCUT2D eigenvalue weighted by atomic mass is 79.9. The average molecular weight is 218 g/mol. The fourth-order valence-corrected chi connectivity index (χ4v) is 2.68. The average Bonchev–Trinajstić information content (AvgIpc) is 2.68. The first-order valence-electron chi connectivity index (χ1n) is 4.70. The number of alkyl halides is 1. The van der Waals surface area contributed by atoms with Gasteiger partial charge in [0.2, 0.25) is 0 Å². The fraction of sp³-hybridized carbons (Fsp3) is 1.00. The topological polar surface area (TPSA) is 3.24 Å². The van der Waals surface area contributed by atoms with Crippen molar-refractivity contribution >= 4 is 15.9 Å². The lowest BCUT2D eigenvalue weighted by molar-refractivity contribution is 0.262. The SMILES string of the molecule is BrC[C@@H]1CCCN1CC1CC1. The lowest BCUT2D eigenvalue weighted by atomic mass is 10.2. The minimum absolute atomic E-state index is 0.857. The van der Waals surface area contributed by atoms with Crippen LogP contribution in [0.4, 0.5) is 0 Å². The van der Waals surface area contributed by atoms with Crippen molar-refractivity contribution in [3.05, 3.63) is 0 Å². The minimum atomic E-state index is 0.857. The Bertz CT molecular complexity index is 134. The van der Waals surface area contributed by atoms with Crippen molar-refractivity contribution in [2.24, 2.45) is 5.92 Å². The van der Waals surface area contributed by atoms with E-state index >= 15 is 0 Å². The van der Waals surface area contributed by atoms with Crippen LogP contribution in [0.15, 0.2) is 0 Å². The second-order valence-corrected chi connectivity index (χ2v) is 4.54. The van der Waals surface area contributed by atoms with Crippen LogP contribution in [0.3, 0.4) is 0 Å². The maximum absolute atomic E-state index is 3.59. The van der Waals surface area contributed by atoms with E-state index < -0.39 is 0 Å². The molecule has 1 heterocycles. The van der Waals surface area contributed by atoms with Gasteiger partial charge in [0.05, 0.1) is 0 Å². The number of hydrogen-bond acceptors (Lipinski definition) is 1. The van der Waals surface area contributed by atoms with E-state index in [1.165, 1.54) is 44.1 Å². The largest absolute Gasteiger partial charge is 0.299 e. The number of nitrogens with zero attached hydrogens (tertiary/aromatic N) is 1. The molecule has 1 atom stereocenters. The molecule has 1 aliphatic heterocycles. The molecule has 0 aromatic carbocycles. The second kappa shape index (κ2) is 3.44. The molecule has 11 heavy (non-hydrogen) atoms. The Labute approximate surface area is 77.3 Å². The molecule has 2 aliphatic rings. The van der Waals surface area contributed by atoms with Crippen LogP contribution in [-0.2, 0) is 0 Å². The molecule has 0 radical (unpaired) electrons. The number of halogens is 1. The maximum atomic E-state index is 3.59. The summed E-state index contributed by atoms with van der Waals surface area (Å²) in [6, 6.07) is 0.857. The molecule has 1 aliphatic carbocycles. The van der Waals surface area contributed by atoms with E-state index in [1.54, 1.807) is 0 Å². The zero-order chi connectivity index (χ0) is 7.68. The Morgan fingerprint density at radius 3 is 2.73 bits per heavy atom. The van der Waals surface area contributed by atoms with Gasteiger partial charge in [0.15, 0.2) is 0 Å². The van der Waals surface area contributed by atoms with Crippen LogP contribution in [0.25, 0.3) is 0 Å². The summed E-state index contributed by atoms with van der Waals surface area (Å²) >= 11 is 3.59. The highest BCUT2D eigenvalue weighted by molar-refractivity contribution is 9.09. The summed E-state index contributed by atoms with van der Waals surface area (Å²) in [6.45, 7) is 2.74. The Morgan fingerprint density at radius 2 is 2.09 bits per heavy atom. The third-order valence-electron chi connectivity index (χ3n) is 2.87. The van der Waals surface area contributed by atoms with Crippen molar-refractivity contribution in [2.75, 3.05) is 18.4 Å². The van der Waals surface area contributed by atoms with Gasteiger partial charge in [0, 0.05) is 17.9 Å². The van der Waals surface area contributed by atoms with Gasteiger partial charge in [-0.1, -0.05) is 15.9 Å². The van der Waals surface area contributed by atoms with Crippen LogP contribution in [0, 0.1) is 5.92 Å². The smallest absolute Gasteiger partial charge is 0.0193 e. The highest BCUT2D eigenvalue weighted by Gasteiger charge is 2.30. The van der Waals surface area contributed by atoms with Gasteiger partial charge >= 0.3 is 0 Å². The van der Waals surface area contributed by atoms with Crippen LogP contribution >= 0.6 is 15.9 Å². The molecule has 1 saturated carbocycles. The fourth-order valence-electron chi connectivity index (χ4n) is 1.94. The van der Waals surface area contributed by atoms with Crippen molar-refractivity contribution < 1.29 is 0 Å². The van der Waals surface area contributed by atoms with Gasteiger partial charge in [-0.05, 0) is 38.1 Å². The van der Waals surface area contributed by atoms with E-state index in [9.17, 15) is 0 Å². The monoisotopic (exact) mass is 217 g/mol. The summed E-state index contributed by atoms with van der Waals surface area (Å²) in [5.74, 6) is 1.06. The van der Waals surface area contributed by atoms with E-state index in [2.05, 4.69) is 20.8 Å². The molecule has 2 rings (SSSR count). The van der Waals surface area contributed by atoms with Gasteiger partial charge in [-0.15, -0.1) is 0 Å². The van der Waals surface area contributed by atoms with Crippen LogP contribution in [0.2, 0.25) is 0 Å². The molecule has 0 amide bonds. The molecular formula is C9H16BrN. The van der Waals surface area contributed by atoms with Crippen molar-refractivity contribution in [2.45, 2.75) is 31.7 Å². The van der Waals surface area contributed by atoms with Crippen molar-refractivity contribution in [3.63, 3.8) is 0 Å². The van der Waals surface area contributed by atoms with Gasteiger partial charge in [-0.25, -0.2) is 0 Å². The van der Waals surface area contributed by atoms with Crippen LogP contribution in [-0.4, -0.2) is 29.4 Å². The van der Waals surface area contributed by atoms with Crippen LogP contribution in [0.1, 0.15) is 25.7 Å². The second-order valence-electron chi connectivity index (χ2n) is 3.89. The Kier molecular flexibility index (Phi) is 2.52. The van der Waals surface area contributed by atoms with E-state index in [0.717, 1.165) is 12.0 Å². The van der Waals surface area contributed by atoms with Crippen molar-refractivity contribution in [1.82, 2.24) is 4.90 Å². The molecular weight excluding hydrogens is 202 g/mol. The van der Waals surface area contributed by atoms with Crippen molar-refractivity contribution in [1.29, 1.82) is 0 Å². The molecule has 0 aromatic heterocycles. The molecule has 0 bridgehead atoms. The van der Waals surface area contributed by atoms with E-state index in [0.29, 0.717) is 0 Å². The first kappa shape index (κ1) is 8.06. The molecule has 0 unspecified atom stereocenters. The molecule has 64 valence electrons. The Hall–Kier alpha value is 0.440.